The highest BCUT2D eigenvalue weighted by molar-refractivity contribution is 7.10. The second-order valence-electron chi connectivity index (χ2n) is 5.92. The van der Waals surface area contributed by atoms with Crippen molar-refractivity contribution in [3.8, 4) is 0 Å². The van der Waals surface area contributed by atoms with Gasteiger partial charge in [-0.1, -0.05) is 37.3 Å². The molecule has 1 unspecified atom stereocenters. The summed E-state index contributed by atoms with van der Waals surface area (Å²) in [5.41, 5.74) is 2.70. The Kier molecular flexibility index (Phi) is 7.28. The van der Waals surface area contributed by atoms with Gasteiger partial charge in [0.1, 0.15) is 0 Å². The topological polar surface area (TPSA) is 39.7 Å². The van der Waals surface area contributed by atoms with Crippen molar-refractivity contribution in [3.05, 3.63) is 57.8 Å². The lowest BCUT2D eigenvalue weighted by Gasteiger charge is -2.24. The SMILES string of the molecule is CCc1ccccc1CNC(=NC)NCC(c1cccs1)N(C)C. The molecule has 1 aromatic heterocycles. The summed E-state index contributed by atoms with van der Waals surface area (Å²) >= 11 is 1.79. The first-order valence-corrected chi connectivity index (χ1v) is 9.24. The Hall–Kier alpha value is -1.85. The summed E-state index contributed by atoms with van der Waals surface area (Å²) < 4.78 is 0. The molecule has 2 rings (SSSR count). The molecule has 0 aliphatic heterocycles. The van der Waals surface area contributed by atoms with Crippen molar-refractivity contribution in [2.45, 2.75) is 25.9 Å². The fourth-order valence-corrected chi connectivity index (χ4v) is 3.61. The fraction of sp³-hybridized carbons (Fsp3) is 0.421. The molecule has 0 radical (unpaired) electrons. The molecule has 5 heteroatoms. The summed E-state index contributed by atoms with van der Waals surface area (Å²) in [7, 11) is 6.04. The third kappa shape index (κ3) is 5.08. The summed E-state index contributed by atoms with van der Waals surface area (Å²) in [5, 5.41) is 9.00. The number of thiophene rings is 1. The molecule has 0 saturated carbocycles. The van der Waals surface area contributed by atoms with E-state index in [1.165, 1.54) is 16.0 Å². The predicted octanol–water partition coefficient (Wildman–Crippen LogP) is 3.28. The summed E-state index contributed by atoms with van der Waals surface area (Å²) in [6, 6.07) is 13.2. The minimum Gasteiger partial charge on any atom is -0.354 e. The Bertz CT molecular complexity index is 635. The summed E-state index contributed by atoms with van der Waals surface area (Å²) in [4.78, 5) is 7.95. The quantitative estimate of drug-likeness (QED) is 0.598. The molecule has 0 amide bonds. The van der Waals surface area contributed by atoms with E-state index in [-0.39, 0.29) is 0 Å². The van der Waals surface area contributed by atoms with Crippen molar-refractivity contribution in [1.29, 1.82) is 0 Å². The average molecular weight is 345 g/mol. The van der Waals surface area contributed by atoms with Gasteiger partial charge in [-0.3, -0.25) is 4.99 Å². The highest BCUT2D eigenvalue weighted by Crippen LogP contribution is 2.22. The number of aryl methyl sites for hydroxylation is 1. The van der Waals surface area contributed by atoms with Gasteiger partial charge in [0.25, 0.3) is 0 Å². The van der Waals surface area contributed by atoms with Crippen molar-refractivity contribution in [2.24, 2.45) is 4.99 Å². The van der Waals surface area contributed by atoms with E-state index in [0.29, 0.717) is 6.04 Å². The minimum atomic E-state index is 0.339. The van der Waals surface area contributed by atoms with Gasteiger partial charge in [0.2, 0.25) is 0 Å². The van der Waals surface area contributed by atoms with Gasteiger partial charge in [-0.2, -0.15) is 0 Å². The highest BCUT2D eigenvalue weighted by atomic mass is 32.1. The predicted molar refractivity (Wildman–Crippen MR) is 105 cm³/mol. The number of guanidine groups is 1. The molecule has 0 saturated heterocycles. The molecule has 130 valence electrons. The second-order valence-corrected chi connectivity index (χ2v) is 6.90. The van der Waals surface area contributed by atoms with Crippen LogP contribution in [0.4, 0.5) is 0 Å². The number of nitrogens with zero attached hydrogens (tertiary/aromatic N) is 2. The van der Waals surface area contributed by atoms with Crippen molar-refractivity contribution in [2.75, 3.05) is 27.7 Å². The lowest BCUT2D eigenvalue weighted by Crippen LogP contribution is -2.41. The largest absolute Gasteiger partial charge is 0.354 e. The van der Waals surface area contributed by atoms with Crippen molar-refractivity contribution in [1.82, 2.24) is 15.5 Å². The van der Waals surface area contributed by atoms with Crippen LogP contribution in [-0.2, 0) is 13.0 Å². The third-order valence-electron chi connectivity index (χ3n) is 4.13. The summed E-state index contributed by atoms with van der Waals surface area (Å²) in [6.45, 7) is 3.80. The molecular weight excluding hydrogens is 316 g/mol. The van der Waals surface area contributed by atoms with Gasteiger partial charge in [-0.15, -0.1) is 11.3 Å². The van der Waals surface area contributed by atoms with Crippen LogP contribution in [0.25, 0.3) is 0 Å². The van der Waals surface area contributed by atoms with Crippen LogP contribution in [0, 0.1) is 0 Å². The van der Waals surface area contributed by atoms with Crippen LogP contribution in [0.5, 0.6) is 0 Å². The van der Waals surface area contributed by atoms with Crippen molar-refractivity contribution >= 4 is 17.3 Å². The molecular formula is C19H28N4S. The normalized spacial score (nSPS) is 13.1. The number of hydrogen-bond donors (Lipinski definition) is 2. The number of hydrogen-bond acceptors (Lipinski definition) is 3. The standard InChI is InChI=1S/C19H28N4S/c1-5-15-9-6-7-10-16(15)13-21-19(20-2)22-14-17(23(3)4)18-11-8-12-24-18/h6-12,17H,5,13-14H2,1-4H3,(H2,20,21,22). The molecule has 2 N–H and O–H groups in total. The van der Waals surface area contributed by atoms with Crippen molar-refractivity contribution in [3.63, 3.8) is 0 Å². The van der Waals surface area contributed by atoms with Gasteiger partial charge in [-0.25, -0.2) is 0 Å². The smallest absolute Gasteiger partial charge is 0.191 e. The van der Waals surface area contributed by atoms with Gasteiger partial charge in [-0.05, 0) is 43.1 Å². The molecule has 0 fully saturated rings. The van der Waals surface area contributed by atoms with E-state index in [0.717, 1.165) is 25.5 Å². The average Bonchev–Trinajstić information content (AvgIpc) is 3.12. The Morgan fingerprint density at radius 2 is 1.88 bits per heavy atom. The van der Waals surface area contributed by atoms with E-state index >= 15 is 0 Å². The molecule has 0 aliphatic carbocycles. The summed E-state index contributed by atoms with van der Waals surface area (Å²) in [6.07, 6.45) is 1.05. The molecule has 24 heavy (non-hydrogen) atoms. The van der Waals surface area contributed by atoms with Crippen molar-refractivity contribution < 1.29 is 0 Å². The number of likely N-dealkylation sites (N-methyl/N-ethyl adjacent to an activating group) is 1. The van der Waals surface area contributed by atoms with Crippen LogP contribution < -0.4 is 10.6 Å². The first-order valence-electron chi connectivity index (χ1n) is 8.36. The second kappa shape index (κ2) is 9.45. The maximum absolute atomic E-state index is 4.35. The maximum Gasteiger partial charge on any atom is 0.191 e. The summed E-state index contributed by atoms with van der Waals surface area (Å²) in [5.74, 6) is 0.837. The van der Waals surface area contributed by atoms with E-state index in [4.69, 9.17) is 0 Å². The zero-order chi connectivity index (χ0) is 17.4. The van der Waals surface area contributed by atoms with Crippen LogP contribution in [0.15, 0.2) is 46.8 Å². The molecule has 1 heterocycles. The Balaban J connectivity index is 1.92. The van der Waals surface area contributed by atoms with Gasteiger partial charge in [0.05, 0.1) is 6.04 Å². The number of nitrogens with one attached hydrogen (secondary N) is 2. The molecule has 4 nitrogen and oxygen atoms in total. The van der Waals surface area contributed by atoms with Gasteiger partial charge in [0.15, 0.2) is 5.96 Å². The van der Waals surface area contributed by atoms with E-state index in [9.17, 15) is 0 Å². The monoisotopic (exact) mass is 344 g/mol. The number of aliphatic imine (C=N–C) groups is 1. The number of benzene rings is 1. The van der Waals surface area contributed by atoms with Crippen LogP contribution in [0.1, 0.15) is 29.0 Å². The maximum atomic E-state index is 4.35. The zero-order valence-corrected chi connectivity index (χ0v) is 15.9. The number of rotatable bonds is 7. The lowest BCUT2D eigenvalue weighted by molar-refractivity contribution is 0.302. The first kappa shape index (κ1) is 18.5. The van der Waals surface area contributed by atoms with Crippen LogP contribution >= 0.6 is 11.3 Å². The van der Waals surface area contributed by atoms with E-state index < -0.39 is 0 Å². The van der Waals surface area contributed by atoms with E-state index in [1.807, 2.05) is 7.05 Å². The third-order valence-corrected chi connectivity index (χ3v) is 5.10. The molecule has 1 atom stereocenters. The molecule has 0 bridgehead atoms. The van der Waals surface area contributed by atoms with Gasteiger partial charge >= 0.3 is 0 Å². The lowest BCUT2D eigenvalue weighted by atomic mass is 10.1. The van der Waals surface area contributed by atoms with Crippen LogP contribution in [-0.4, -0.2) is 38.5 Å². The van der Waals surface area contributed by atoms with Crippen LogP contribution in [0.2, 0.25) is 0 Å². The Morgan fingerprint density at radius 1 is 1.12 bits per heavy atom. The minimum absolute atomic E-state index is 0.339. The van der Waals surface area contributed by atoms with E-state index in [2.05, 4.69) is 83.3 Å². The zero-order valence-electron chi connectivity index (χ0n) is 15.0. The van der Waals surface area contributed by atoms with Gasteiger partial charge in [0, 0.05) is 25.0 Å². The van der Waals surface area contributed by atoms with E-state index in [1.54, 1.807) is 11.3 Å². The molecule has 2 aromatic rings. The fourth-order valence-electron chi connectivity index (χ4n) is 2.69. The molecule has 1 aromatic carbocycles. The Morgan fingerprint density at radius 3 is 2.46 bits per heavy atom. The molecule has 0 aliphatic rings. The van der Waals surface area contributed by atoms with Crippen LogP contribution in [0.3, 0.4) is 0 Å². The molecule has 0 spiro atoms. The first-order chi connectivity index (χ1) is 11.7. The van der Waals surface area contributed by atoms with Gasteiger partial charge < -0.3 is 15.5 Å². The Labute approximate surface area is 149 Å². The highest BCUT2D eigenvalue weighted by Gasteiger charge is 2.15.